The fraction of sp³-hybridized carbons (Fsp3) is 0.600. The van der Waals surface area contributed by atoms with Crippen LogP contribution >= 0.6 is 0 Å². The van der Waals surface area contributed by atoms with E-state index in [1.807, 2.05) is 4.90 Å². The molecule has 0 unspecified atom stereocenters. The zero-order valence-corrected chi connectivity index (χ0v) is 13.1. The van der Waals surface area contributed by atoms with Crippen molar-refractivity contribution in [3.8, 4) is 0 Å². The zero-order chi connectivity index (χ0) is 16.0. The van der Waals surface area contributed by atoms with Crippen LogP contribution in [-0.2, 0) is 4.74 Å². The lowest BCUT2D eigenvalue weighted by atomic mass is 9.89. The molecule has 1 amide bonds. The minimum Gasteiger partial charge on any atom is -0.376 e. The van der Waals surface area contributed by atoms with Crippen LogP contribution in [0.5, 0.6) is 0 Å². The first-order valence-electron chi connectivity index (χ1n) is 7.77. The maximum Gasteiger partial charge on any atom is 0.259 e. The number of ether oxygens (including phenoxy) is 1. The van der Waals surface area contributed by atoms with Crippen molar-refractivity contribution >= 4 is 5.91 Å². The van der Waals surface area contributed by atoms with E-state index in [1.165, 1.54) is 6.20 Å². The van der Waals surface area contributed by atoms with Crippen molar-refractivity contribution in [1.82, 2.24) is 20.2 Å². The normalized spacial score (nSPS) is 27.2. The Labute approximate surface area is 132 Å². The van der Waals surface area contributed by atoms with Crippen molar-refractivity contribution in [1.29, 1.82) is 0 Å². The minimum atomic E-state index is -0.0785. The number of rotatable bonds is 2. The van der Waals surface area contributed by atoms with E-state index in [1.54, 1.807) is 13.8 Å². The van der Waals surface area contributed by atoms with Gasteiger partial charge in [0.05, 0.1) is 24.3 Å². The maximum atomic E-state index is 12.9. The molecule has 2 aromatic heterocycles. The van der Waals surface area contributed by atoms with Crippen LogP contribution in [0.4, 0.5) is 0 Å². The van der Waals surface area contributed by atoms with E-state index in [-0.39, 0.29) is 24.0 Å². The van der Waals surface area contributed by atoms with E-state index >= 15 is 0 Å². The molecule has 4 heterocycles. The van der Waals surface area contributed by atoms with E-state index in [4.69, 9.17) is 13.8 Å². The van der Waals surface area contributed by atoms with Crippen LogP contribution in [0.25, 0.3) is 0 Å². The third-order valence-electron chi connectivity index (χ3n) is 4.64. The summed E-state index contributed by atoms with van der Waals surface area (Å²) in [6.45, 7) is 4.73. The minimum absolute atomic E-state index is 0.00470. The Balaban J connectivity index is 1.63. The standard InChI is InChI=1S/C15H18N4O4/c1-8-11(6-16-22-8)15(20)19-7-10(14-17-9(2)18-23-14)5-13-12(19)3-4-21-13/h6,10,12-13H,3-5,7H2,1-2H3/t10-,12+,13+/m0/s1. The predicted octanol–water partition coefficient (Wildman–Crippen LogP) is 1.46. The van der Waals surface area contributed by atoms with Crippen LogP contribution in [0.15, 0.2) is 15.2 Å². The smallest absolute Gasteiger partial charge is 0.259 e. The van der Waals surface area contributed by atoms with E-state index in [2.05, 4.69) is 15.3 Å². The summed E-state index contributed by atoms with van der Waals surface area (Å²) in [5, 5.41) is 7.56. The molecule has 8 heteroatoms. The van der Waals surface area contributed by atoms with Gasteiger partial charge in [-0.15, -0.1) is 0 Å². The number of hydrogen-bond donors (Lipinski definition) is 0. The number of fused-ring (bicyclic) bond motifs is 1. The van der Waals surface area contributed by atoms with Crippen LogP contribution in [0.3, 0.4) is 0 Å². The third-order valence-corrected chi connectivity index (χ3v) is 4.64. The molecule has 2 fully saturated rings. The first-order valence-corrected chi connectivity index (χ1v) is 7.77. The van der Waals surface area contributed by atoms with E-state index in [0.29, 0.717) is 36.2 Å². The van der Waals surface area contributed by atoms with Gasteiger partial charge in [0.15, 0.2) is 5.82 Å². The fourth-order valence-electron chi connectivity index (χ4n) is 3.50. The summed E-state index contributed by atoms with van der Waals surface area (Å²) in [5.41, 5.74) is 0.498. The molecule has 0 aliphatic carbocycles. The quantitative estimate of drug-likeness (QED) is 0.827. The molecule has 23 heavy (non-hydrogen) atoms. The van der Waals surface area contributed by atoms with Crippen molar-refractivity contribution in [3.05, 3.63) is 29.2 Å². The second-order valence-corrected chi connectivity index (χ2v) is 6.13. The van der Waals surface area contributed by atoms with Gasteiger partial charge in [-0.3, -0.25) is 4.79 Å². The summed E-state index contributed by atoms with van der Waals surface area (Å²) < 4.78 is 16.2. The maximum absolute atomic E-state index is 12.9. The number of aromatic nitrogens is 3. The first-order chi connectivity index (χ1) is 11.1. The summed E-state index contributed by atoms with van der Waals surface area (Å²) in [4.78, 5) is 19.1. The number of aryl methyl sites for hydroxylation is 2. The van der Waals surface area contributed by atoms with Crippen LogP contribution < -0.4 is 0 Å². The van der Waals surface area contributed by atoms with Gasteiger partial charge in [-0.25, -0.2) is 0 Å². The van der Waals surface area contributed by atoms with Gasteiger partial charge >= 0.3 is 0 Å². The second kappa shape index (κ2) is 5.45. The molecule has 0 saturated carbocycles. The van der Waals surface area contributed by atoms with Crippen molar-refractivity contribution in [2.24, 2.45) is 0 Å². The topological polar surface area (TPSA) is 94.5 Å². The number of nitrogens with zero attached hydrogens (tertiary/aromatic N) is 4. The average molecular weight is 318 g/mol. The summed E-state index contributed by atoms with van der Waals surface area (Å²) in [5.74, 6) is 1.60. The molecular formula is C15H18N4O4. The Kier molecular flexibility index (Phi) is 3.41. The molecule has 3 atom stereocenters. The van der Waals surface area contributed by atoms with Crippen molar-refractivity contribution in [2.75, 3.05) is 13.2 Å². The SMILES string of the molecule is Cc1noc([C@H]2C[C@H]3OCC[C@H]3N(C(=O)c3cnoc3C)C2)n1. The molecule has 2 aliphatic heterocycles. The van der Waals surface area contributed by atoms with Gasteiger partial charge in [-0.05, 0) is 26.7 Å². The fourth-order valence-corrected chi connectivity index (χ4v) is 3.50. The molecule has 2 aliphatic rings. The lowest BCUT2D eigenvalue weighted by Gasteiger charge is -2.39. The summed E-state index contributed by atoms with van der Waals surface area (Å²) in [7, 11) is 0. The molecule has 0 aromatic carbocycles. The van der Waals surface area contributed by atoms with Gasteiger partial charge in [-0.1, -0.05) is 10.3 Å². The second-order valence-electron chi connectivity index (χ2n) is 6.13. The van der Waals surface area contributed by atoms with Crippen molar-refractivity contribution < 1.29 is 18.6 Å². The molecule has 0 bridgehead atoms. The van der Waals surface area contributed by atoms with Crippen molar-refractivity contribution in [3.63, 3.8) is 0 Å². The molecule has 0 radical (unpaired) electrons. The van der Waals surface area contributed by atoms with Gasteiger partial charge in [0.25, 0.3) is 5.91 Å². The Morgan fingerprint density at radius 1 is 1.35 bits per heavy atom. The van der Waals surface area contributed by atoms with Gasteiger partial charge in [0.1, 0.15) is 11.3 Å². The number of carbonyl (C=O) groups excluding carboxylic acids is 1. The summed E-state index contributed by atoms with van der Waals surface area (Å²) >= 11 is 0. The predicted molar refractivity (Wildman–Crippen MR) is 76.8 cm³/mol. The van der Waals surface area contributed by atoms with Crippen LogP contribution in [-0.4, -0.2) is 51.4 Å². The number of piperidine rings is 1. The molecule has 122 valence electrons. The average Bonchev–Trinajstić information content (AvgIpc) is 3.25. The highest BCUT2D eigenvalue weighted by Gasteiger charge is 2.44. The highest BCUT2D eigenvalue weighted by Crippen LogP contribution is 2.36. The lowest BCUT2D eigenvalue weighted by molar-refractivity contribution is 0.0123. The van der Waals surface area contributed by atoms with E-state index < -0.39 is 0 Å². The molecular weight excluding hydrogens is 300 g/mol. The molecule has 2 saturated heterocycles. The molecule has 0 N–H and O–H groups in total. The highest BCUT2D eigenvalue weighted by molar-refractivity contribution is 5.95. The van der Waals surface area contributed by atoms with E-state index in [0.717, 1.165) is 12.8 Å². The van der Waals surface area contributed by atoms with Gasteiger partial charge in [-0.2, -0.15) is 4.98 Å². The first kappa shape index (κ1) is 14.4. The number of carbonyl (C=O) groups is 1. The van der Waals surface area contributed by atoms with Crippen LogP contribution in [0, 0.1) is 13.8 Å². The summed E-state index contributed by atoms with van der Waals surface area (Å²) in [6.07, 6.45) is 3.11. The van der Waals surface area contributed by atoms with Crippen LogP contribution in [0.2, 0.25) is 0 Å². The Morgan fingerprint density at radius 2 is 2.22 bits per heavy atom. The lowest BCUT2D eigenvalue weighted by Crippen LogP contribution is -2.51. The number of amides is 1. The van der Waals surface area contributed by atoms with Gasteiger partial charge in [0, 0.05) is 13.2 Å². The Bertz CT molecular complexity index is 725. The van der Waals surface area contributed by atoms with E-state index in [9.17, 15) is 4.79 Å². The molecule has 4 rings (SSSR count). The van der Waals surface area contributed by atoms with Gasteiger partial charge < -0.3 is 18.7 Å². The molecule has 2 aromatic rings. The Hall–Kier alpha value is -2.22. The highest BCUT2D eigenvalue weighted by atomic mass is 16.5. The monoisotopic (exact) mass is 318 g/mol. The molecule has 8 nitrogen and oxygen atoms in total. The zero-order valence-electron chi connectivity index (χ0n) is 13.1. The van der Waals surface area contributed by atoms with Gasteiger partial charge in [0.2, 0.25) is 5.89 Å². The number of likely N-dealkylation sites (tertiary alicyclic amines) is 1. The molecule has 0 spiro atoms. The van der Waals surface area contributed by atoms with Crippen LogP contribution in [0.1, 0.15) is 46.6 Å². The third kappa shape index (κ3) is 2.42. The Morgan fingerprint density at radius 3 is 2.91 bits per heavy atom. The van der Waals surface area contributed by atoms with Crippen molar-refractivity contribution in [2.45, 2.75) is 44.8 Å². The number of hydrogen-bond acceptors (Lipinski definition) is 7. The largest absolute Gasteiger partial charge is 0.376 e. The summed E-state index contributed by atoms with van der Waals surface area (Å²) in [6, 6.07) is 0.0806.